The quantitative estimate of drug-likeness (QED) is 0.885. The van der Waals surface area contributed by atoms with E-state index in [1.54, 1.807) is 6.20 Å². The molecule has 1 atom stereocenters. The lowest BCUT2D eigenvalue weighted by Crippen LogP contribution is -2.26. The van der Waals surface area contributed by atoms with E-state index in [1.807, 2.05) is 12.1 Å². The summed E-state index contributed by atoms with van der Waals surface area (Å²) >= 11 is 5.84. The molecule has 0 aliphatic heterocycles. The molecule has 0 radical (unpaired) electrons. The SMILES string of the molecule is CCC1CCC(C(N)c2ccc(Cl)cn2)CC1. The van der Waals surface area contributed by atoms with Crippen molar-refractivity contribution in [3.8, 4) is 0 Å². The summed E-state index contributed by atoms with van der Waals surface area (Å²) < 4.78 is 0. The number of hydrogen-bond donors (Lipinski definition) is 1. The first-order valence-corrected chi connectivity index (χ1v) is 6.95. The van der Waals surface area contributed by atoms with Gasteiger partial charge in [-0.1, -0.05) is 37.8 Å². The number of pyridine rings is 1. The van der Waals surface area contributed by atoms with E-state index in [-0.39, 0.29) is 6.04 Å². The van der Waals surface area contributed by atoms with Crippen LogP contribution < -0.4 is 5.73 Å². The molecule has 17 heavy (non-hydrogen) atoms. The predicted molar refractivity (Wildman–Crippen MR) is 71.9 cm³/mol. The van der Waals surface area contributed by atoms with Gasteiger partial charge >= 0.3 is 0 Å². The molecule has 1 aromatic heterocycles. The van der Waals surface area contributed by atoms with E-state index in [9.17, 15) is 0 Å². The lowest BCUT2D eigenvalue weighted by Gasteiger charge is -2.31. The largest absolute Gasteiger partial charge is 0.322 e. The summed E-state index contributed by atoms with van der Waals surface area (Å²) in [7, 11) is 0. The molecule has 1 unspecified atom stereocenters. The lowest BCUT2D eigenvalue weighted by atomic mass is 9.77. The van der Waals surface area contributed by atoms with E-state index in [1.165, 1.54) is 32.1 Å². The van der Waals surface area contributed by atoms with Gasteiger partial charge in [-0.05, 0) is 36.8 Å². The minimum atomic E-state index is 0.0741. The highest BCUT2D eigenvalue weighted by molar-refractivity contribution is 6.30. The highest BCUT2D eigenvalue weighted by Crippen LogP contribution is 2.36. The Morgan fingerprint density at radius 3 is 2.59 bits per heavy atom. The van der Waals surface area contributed by atoms with Crippen LogP contribution in [0.15, 0.2) is 18.3 Å². The molecule has 0 amide bonds. The monoisotopic (exact) mass is 252 g/mol. The summed E-state index contributed by atoms with van der Waals surface area (Å²) in [5.74, 6) is 1.50. The molecule has 2 rings (SSSR count). The molecular weight excluding hydrogens is 232 g/mol. The van der Waals surface area contributed by atoms with Crippen LogP contribution in [0.4, 0.5) is 0 Å². The Kier molecular flexibility index (Phi) is 4.41. The van der Waals surface area contributed by atoms with Crippen molar-refractivity contribution in [2.24, 2.45) is 17.6 Å². The van der Waals surface area contributed by atoms with Gasteiger partial charge in [0, 0.05) is 12.2 Å². The smallest absolute Gasteiger partial charge is 0.0589 e. The molecule has 0 spiro atoms. The fraction of sp³-hybridized carbons (Fsp3) is 0.643. The summed E-state index contributed by atoms with van der Waals surface area (Å²) in [5, 5.41) is 0.677. The predicted octanol–water partition coefficient (Wildman–Crippen LogP) is 3.95. The Labute approximate surface area is 109 Å². The summed E-state index contributed by atoms with van der Waals surface area (Å²) in [6.45, 7) is 2.28. The first-order valence-electron chi connectivity index (χ1n) is 6.57. The van der Waals surface area contributed by atoms with Crippen molar-refractivity contribution < 1.29 is 0 Å². The molecule has 2 N–H and O–H groups in total. The Morgan fingerprint density at radius 1 is 1.35 bits per heavy atom. The summed E-state index contributed by atoms with van der Waals surface area (Å²) in [4.78, 5) is 4.34. The molecule has 0 saturated heterocycles. The topological polar surface area (TPSA) is 38.9 Å². The minimum Gasteiger partial charge on any atom is -0.322 e. The van der Waals surface area contributed by atoms with E-state index in [2.05, 4.69) is 11.9 Å². The van der Waals surface area contributed by atoms with Crippen LogP contribution in [-0.4, -0.2) is 4.98 Å². The van der Waals surface area contributed by atoms with Gasteiger partial charge in [-0.2, -0.15) is 0 Å². The van der Waals surface area contributed by atoms with Crippen LogP contribution in [0.1, 0.15) is 50.8 Å². The van der Waals surface area contributed by atoms with Crippen molar-refractivity contribution in [1.29, 1.82) is 0 Å². The zero-order valence-electron chi connectivity index (χ0n) is 10.4. The zero-order valence-corrected chi connectivity index (χ0v) is 11.2. The summed E-state index contributed by atoms with van der Waals surface area (Å²) in [5.41, 5.74) is 7.28. The van der Waals surface area contributed by atoms with E-state index < -0.39 is 0 Å². The van der Waals surface area contributed by atoms with Gasteiger partial charge in [-0.3, -0.25) is 4.98 Å². The van der Waals surface area contributed by atoms with E-state index >= 15 is 0 Å². The van der Waals surface area contributed by atoms with Gasteiger partial charge in [0.05, 0.1) is 10.7 Å². The molecule has 1 aliphatic carbocycles. The van der Waals surface area contributed by atoms with Crippen molar-refractivity contribution >= 4 is 11.6 Å². The number of rotatable bonds is 3. The van der Waals surface area contributed by atoms with Crippen molar-refractivity contribution in [2.45, 2.75) is 45.1 Å². The minimum absolute atomic E-state index is 0.0741. The number of hydrogen-bond acceptors (Lipinski definition) is 2. The number of halogens is 1. The number of nitrogens with two attached hydrogens (primary N) is 1. The second-order valence-corrected chi connectivity index (χ2v) is 5.55. The average molecular weight is 253 g/mol. The zero-order chi connectivity index (χ0) is 12.3. The van der Waals surface area contributed by atoms with Crippen LogP contribution in [-0.2, 0) is 0 Å². The maximum Gasteiger partial charge on any atom is 0.0589 e. The van der Waals surface area contributed by atoms with Crippen molar-refractivity contribution in [3.63, 3.8) is 0 Å². The molecule has 3 heteroatoms. The van der Waals surface area contributed by atoms with Crippen molar-refractivity contribution in [1.82, 2.24) is 4.98 Å². The Bertz CT molecular complexity index is 342. The van der Waals surface area contributed by atoms with Gasteiger partial charge in [0.2, 0.25) is 0 Å². The molecule has 1 fully saturated rings. The highest BCUT2D eigenvalue weighted by Gasteiger charge is 2.26. The Hall–Kier alpha value is -0.600. The third-order valence-corrected chi connectivity index (χ3v) is 4.29. The molecule has 0 bridgehead atoms. The molecule has 94 valence electrons. The van der Waals surface area contributed by atoms with Crippen LogP contribution in [0, 0.1) is 11.8 Å². The van der Waals surface area contributed by atoms with E-state index in [0.717, 1.165) is 11.6 Å². The highest BCUT2D eigenvalue weighted by atomic mass is 35.5. The van der Waals surface area contributed by atoms with E-state index in [4.69, 9.17) is 17.3 Å². The molecule has 1 heterocycles. The van der Waals surface area contributed by atoms with Crippen LogP contribution in [0.2, 0.25) is 5.02 Å². The fourth-order valence-electron chi connectivity index (χ4n) is 2.78. The Balaban J connectivity index is 1.96. The fourth-order valence-corrected chi connectivity index (χ4v) is 2.89. The molecule has 1 aromatic rings. The standard InChI is InChI=1S/C14H21ClN2/c1-2-10-3-5-11(6-4-10)14(16)13-8-7-12(15)9-17-13/h7-11,14H,2-6,16H2,1H3. The van der Waals surface area contributed by atoms with Crippen LogP contribution in [0.3, 0.4) is 0 Å². The average Bonchev–Trinajstić information content (AvgIpc) is 2.39. The molecular formula is C14H21ClN2. The Morgan fingerprint density at radius 2 is 2.06 bits per heavy atom. The third kappa shape index (κ3) is 3.20. The molecule has 1 saturated carbocycles. The van der Waals surface area contributed by atoms with Gasteiger partial charge < -0.3 is 5.73 Å². The van der Waals surface area contributed by atoms with Crippen LogP contribution in [0.25, 0.3) is 0 Å². The summed E-state index contributed by atoms with van der Waals surface area (Å²) in [6, 6.07) is 3.91. The second kappa shape index (κ2) is 5.83. The number of nitrogens with zero attached hydrogens (tertiary/aromatic N) is 1. The van der Waals surface area contributed by atoms with E-state index in [0.29, 0.717) is 10.9 Å². The first kappa shape index (κ1) is 12.8. The van der Waals surface area contributed by atoms with Crippen molar-refractivity contribution in [2.75, 3.05) is 0 Å². The maximum atomic E-state index is 6.30. The first-order chi connectivity index (χ1) is 8.20. The maximum absolute atomic E-state index is 6.30. The molecule has 0 aromatic carbocycles. The second-order valence-electron chi connectivity index (χ2n) is 5.12. The molecule has 2 nitrogen and oxygen atoms in total. The van der Waals surface area contributed by atoms with Crippen LogP contribution >= 0.6 is 11.6 Å². The van der Waals surface area contributed by atoms with Crippen molar-refractivity contribution in [3.05, 3.63) is 29.0 Å². The van der Waals surface area contributed by atoms with Gasteiger partial charge in [0.1, 0.15) is 0 Å². The lowest BCUT2D eigenvalue weighted by molar-refractivity contribution is 0.238. The third-order valence-electron chi connectivity index (χ3n) is 4.07. The van der Waals surface area contributed by atoms with Gasteiger partial charge in [-0.25, -0.2) is 0 Å². The summed E-state index contributed by atoms with van der Waals surface area (Å²) in [6.07, 6.45) is 8.12. The van der Waals surface area contributed by atoms with Crippen LogP contribution in [0.5, 0.6) is 0 Å². The van der Waals surface area contributed by atoms with Gasteiger partial charge in [0.15, 0.2) is 0 Å². The molecule has 1 aliphatic rings. The normalized spacial score (nSPS) is 26.8. The number of aromatic nitrogens is 1. The van der Waals surface area contributed by atoms with Gasteiger partial charge in [-0.15, -0.1) is 0 Å². The van der Waals surface area contributed by atoms with Gasteiger partial charge in [0.25, 0.3) is 0 Å².